The van der Waals surface area contributed by atoms with Crippen molar-refractivity contribution in [2.45, 2.75) is 25.3 Å². The number of methoxy groups -OCH3 is 1. The Kier molecular flexibility index (Phi) is 6.97. The van der Waals surface area contributed by atoms with Crippen LogP contribution in [-0.2, 0) is 16.6 Å². The van der Waals surface area contributed by atoms with Gasteiger partial charge >= 0.3 is 0 Å². The lowest BCUT2D eigenvalue weighted by Gasteiger charge is -2.24. The van der Waals surface area contributed by atoms with E-state index in [0.717, 1.165) is 5.56 Å². The molecule has 162 valence electrons. The van der Waals surface area contributed by atoms with E-state index >= 15 is 0 Å². The molecule has 0 aliphatic rings. The van der Waals surface area contributed by atoms with E-state index in [-0.39, 0.29) is 29.5 Å². The molecular formula is C24H26N2O4S. The van der Waals surface area contributed by atoms with Gasteiger partial charge in [0.2, 0.25) is 0 Å². The van der Waals surface area contributed by atoms with Gasteiger partial charge in [0.15, 0.2) is 0 Å². The number of anilines is 1. The maximum absolute atomic E-state index is 13.4. The SMILES string of the molecule is CCN(c1ccccc1)S(=O)(=O)c1cc(C(=O)NCc2ccccc2OC)ccc1C. The third kappa shape index (κ3) is 4.88. The minimum absolute atomic E-state index is 0.114. The van der Waals surface area contributed by atoms with E-state index in [1.54, 1.807) is 57.4 Å². The Balaban J connectivity index is 1.88. The van der Waals surface area contributed by atoms with Crippen LogP contribution in [0.3, 0.4) is 0 Å². The second kappa shape index (κ2) is 9.66. The first-order valence-corrected chi connectivity index (χ1v) is 11.4. The van der Waals surface area contributed by atoms with Crippen LogP contribution >= 0.6 is 0 Å². The number of nitrogens with one attached hydrogen (secondary N) is 1. The van der Waals surface area contributed by atoms with Gasteiger partial charge in [-0.2, -0.15) is 0 Å². The summed E-state index contributed by atoms with van der Waals surface area (Å²) in [6.07, 6.45) is 0. The summed E-state index contributed by atoms with van der Waals surface area (Å²) in [6, 6.07) is 21.1. The summed E-state index contributed by atoms with van der Waals surface area (Å²) in [4.78, 5) is 12.9. The number of para-hydroxylation sites is 2. The summed E-state index contributed by atoms with van der Waals surface area (Å²) in [7, 11) is -2.26. The van der Waals surface area contributed by atoms with Gasteiger partial charge in [-0.15, -0.1) is 0 Å². The van der Waals surface area contributed by atoms with Crippen LogP contribution in [0.4, 0.5) is 5.69 Å². The lowest BCUT2D eigenvalue weighted by Crippen LogP contribution is -2.31. The second-order valence-corrected chi connectivity index (χ2v) is 8.81. The molecule has 3 rings (SSSR count). The Morgan fingerprint density at radius 3 is 2.35 bits per heavy atom. The van der Waals surface area contributed by atoms with Gasteiger partial charge in [-0.3, -0.25) is 9.10 Å². The van der Waals surface area contributed by atoms with Gasteiger partial charge in [0, 0.05) is 24.2 Å². The molecule has 0 bridgehead atoms. The highest BCUT2D eigenvalue weighted by Gasteiger charge is 2.26. The van der Waals surface area contributed by atoms with Crippen molar-refractivity contribution in [1.82, 2.24) is 5.32 Å². The van der Waals surface area contributed by atoms with Crippen molar-refractivity contribution >= 4 is 21.6 Å². The van der Waals surface area contributed by atoms with Crippen LogP contribution in [0.5, 0.6) is 5.75 Å². The summed E-state index contributed by atoms with van der Waals surface area (Å²) < 4.78 is 33.4. The monoisotopic (exact) mass is 438 g/mol. The zero-order valence-corrected chi connectivity index (χ0v) is 18.6. The molecule has 1 N–H and O–H groups in total. The number of ether oxygens (including phenoxy) is 1. The Morgan fingerprint density at radius 1 is 1.00 bits per heavy atom. The summed E-state index contributed by atoms with van der Waals surface area (Å²) in [6.45, 7) is 4.05. The zero-order valence-electron chi connectivity index (χ0n) is 17.8. The van der Waals surface area contributed by atoms with Gasteiger partial charge in [0.05, 0.1) is 17.7 Å². The van der Waals surface area contributed by atoms with Crippen molar-refractivity contribution < 1.29 is 17.9 Å². The van der Waals surface area contributed by atoms with Gasteiger partial charge in [-0.25, -0.2) is 8.42 Å². The van der Waals surface area contributed by atoms with Crippen LogP contribution < -0.4 is 14.4 Å². The van der Waals surface area contributed by atoms with Crippen LogP contribution in [0.15, 0.2) is 77.7 Å². The highest BCUT2D eigenvalue weighted by Crippen LogP contribution is 2.26. The Bertz CT molecular complexity index is 1160. The van der Waals surface area contributed by atoms with Crippen LogP contribution in [0.25, 0.3) is 0 Å². The van der Waals surface area contributed by atoms with Crippen LogP contribution in [0.1, 0.15) is 28.4 Å². The number of carbonyl (C=O) groups is 1. The first-order chi connectivity index (χ1) is 14.9. The Labute approximate surface area is 183 Å². The highest BCUT2D eigenvalue weighted by atomic mass is 32.2. The van der Waals surface area contributed by atoms with Crippen molar-refractivity contribution in [1.29, 1.82) is 0 Å². The number of carbonyl (C=O) groups excluding carboxylic acids is 1. The number of aryl methyl sites for hydroxylation is 1. The summed E-state index contributed by atoms with van der Waals surface area (Å²) in [5.74, 6) is 0.321. The molecule has 0 saturated carbocycles. The minimum Gasteiger partial charge on any atom is -0.496 e. The fourth-order valence-corrected chi connectivity index (χ4v) is 5.08. The van der Waals surface area contributed by atoms with Gasteiger partial charge in [-0.05, 0) is 49.7 Å². The summed E-state index contributed by atoms with van der Waals surface area (Å²) in [5, 5.41) is 2.84. The molecule has 0 fully saturated rings. The zero-order chi connectivity index (χ0) is 22.4. The Morgan fingerprint density at radius 2 is 1.68 bits per heavy atom. The smallest absolute Gasteiger partial charge is 0.264 e. The van der Waals surface area contributed by atoms with Crippen molar-refractivity contribution in [3.63, 3.8) is 0 Å². The standard InChI is InChI=1S/C24H26N2O4S/c1-4-26(21-11-6-5-7-12-21)31(28,29)23-16-19(15-14-18(23)2)24(27)25-17-20-10-8-9-13-22(20)30-3/h5-16H,4,17H2,1-3H3,(H,25,27). The second-order valence-electron chi connectivity index (χ2n) is 6.98. The molecule has 3 aromatic carbocycles. The normalized spacial score (nSPS) is 11.1. The van der Waals surface area contributed by atoms with E-state index in [4.69, 9.17) is 4.74 Å². The molecule has 0 aliphatic heterocycles. The van der Waals surface area contributed by atoms with Crippen LogP contribution in [0.2, 0.25) is 0 Å². The lowest BCUT2D eigenvalue weighted by molar-refractivity contribution is 0.0950. The molecule has 6 nitrogen and oxygen atoms in total. The number of benzene rings is 3. The number of nitrogens with zero attached hydrogens (tertiary/aromatic N) is 1. The van der Waals surface area contributed by atoms with E-state index in [9.17, 15) is 13.2 Å². The molecule has 0 saturated heterocycles. The Hall–Kier alpha value is -3.32. The van der Waals surface area contributed by atoms with Crippen molar-refractivity contribution in [2.75, 3.05) is 18.0 Å². The van der Waals surface area contributed by atoms with E-state index in [1.807, 2.05) is 30.3 Å². The first-order valence-electron chi connectivity index (χ1n) is 9.97. The molecule has 0 aliphatic carbocycles. The molecule has 1 amide bonds. The van der Waals surface area contributed by atoms with Gasteiger partial charge < -0.3 is 10.1 Å². The molecular weight excluding hydrogens is 412 g/mol. The fourth-order valence-electron chi connectivity index (χ4n) is 3.35. The minimum atomic E-state index is -3.84. The maximum atomic E-state index is 13.4. The average molecular weight is 439 g/mol. The number of amides is 1. The predicted octanol–water partition coefficient (Wildman–Crippen LogP) is 4.15. The van der Waals surface area contributed by atoms with Crippen LogP contribution in [0, 0.1) is 6.92 Å². The van der Waals surface area contributed by atoms with Crippen LogP contribution in [-0.4, -0.2) is 28.0 Å². The first kappa shape index (κ1) is 22.4. The molecule has 31 heavy (non-hydrogen) atoms. The molecule has 7 heteroatoms. The molecule has 0 radical (unpaired) electrons. The number of sulfonamides is 1. The van der Waals surface area contributed by atoms with Gasteiger partial charge in [-0.1, -0.05) is 42.5 Å². The number of rotatable bonds is 8. The van der Waals surface area contributed by atoms with E-state index in [1.165, 1.54) is 10.4 Å². The third-order valence-electron chi connectivity index (χ3n) is 4.98. The molecule has 0 heterocycles. The largest absolute Gasteiger partial charge is 0.496 e. The van der Waals surface area contributed by atoms with Gasteiger partial charge in [0.1, 0.15) is 5.75 Å². The van der Waals surface area contributed by atoms with Gasteiger partial charge in [0.25, 0.3) is 15.9 Å². The molecule has 0 aromatic heterocycles. The average Bonchev–Trinajstić information content (AvgIpc) is 2.78. The summed E-state index contributed by atoms with van der Waals surface area (Å²) >= 11 is 0. The lowest BCUT2D eigenvalue weighted by atomic mass is 10.1. The number of hydrogen-bond acceptors (Lipinski definition) is 4. The third-order valence-corrected chi connectivity index (χ3v) is 7.03. The van der Waals surface area contributed by atoms with E-state index in [0.29, 0.717) is 17.0 Å². The highest BCUT2D eigenvalue weighted by molar-refractivity contribution is 7.92. The molecule has 3 aromatic rings. The predicted molar refractivity (Wildman–Crippen MR) is 122 cm³/mol. The van der Waals surface area contributed by atoms with E-state index in [2.05, 4.69) is 5.32 Å². The van der Waals surface area contributed by atoms with E-state index < -0.39 is 10.0 Å². The van der Waals surface area contributed by atoms with Crippen molar-refractivity contribution in [3.8, 4) is 5.75 Å². The molecule has 0 spiro atoms. The molecule has 0 unspecified atom stereocenters. The topological polar surface area (TPSA) is 75.7 Å². The number of hydrogen-bond donors (Lipinski definition) is 1. The van der Waals surface area contributed by atoms with Crippen molar-refractivity contribution in [3.05, 3.63) is 89.5 Å². The fraction of sp³-hybridized carbons (Fsp3) is 0.208. The quantitative estimate of drug-likeness (QED) is 0.573. The maximum Gasteiger partial charge on any atom is 0.264 e. The summed E-state index contributed by atoms with van der Waals surface area (Å²) in [5.41, 5.74) is 2.27. The molecule has 0 atom stereocenters. The van der Waals surface area contributed by atoms with Crippen molar-refractivity contribution in [2.24, 2.45) is 0 Å².